The van der Waals surface area contributed by atoms with Gasteiger partial charge in [-0.1, -0.05) is 18.2 Å². The van der Waals surface area contributed by atoms with Crippen LogP contribution < -0.4 is 14.8 Å². The van der Waals surface area contributed by atoms with Crippen molar-refractivity contribution in [2.75, 3.05) is 19.0 Å². The summed E-state index contributed by atoms with van der Waals surface area (Å²) in [6, 6.07) is 11.1. The quantitative estimate of drug-likeness (QED) is 0.291. The Morgan fingerprint density at radius 2 is 1.85 bits per heavy atom. The van der Waals surface area contributed by atoms with Crippen molar-refractivity contribution in [2.24, 2.45) is 0 Å². The zero-order chi connectivity index (χ0) is 24.7. The van der Waals surface area contributed by atoms with E-state index in [1.54, 1.807) is 49.8 Å². The number of rotatable bonds is 9. The maximum absolute atomic E-state index is 13.3. The summed E-state index contributed by atoms with van der Waals surface area (Å²) >= 11 is 1.20. The number of halogens is 1. The second kappa shape index (κ2) is 11.5. The number of hydrogen-bond acceptors (Lipinski definition) is 6. The molecule has 1 heterocycles. The minimum atomic E-state index is -0.562. The molecule has 0 aliphatic heterocycles. The smallest absolute Gasteiger partial charge is 0.341 e. The highest BCUT2D eigenvalue weighted by Gasteiger charge is 2.22. The van der Waals surface area contributed by atoms with E-state index in [0.717, 1.165) is 5.56 Å². The Kier molecular flexibility index (Phi) is 8.43. The number of carbonyl (C=O) groups excluding carboxylic acids is 2. The topological polar surface area (TPSA) is 73.9 Å². The molecule has 8 heteroatoms. The van der Waals surface area contributed by atoms with Crippen LogP contribution in [0.3, 0.4) is 0 Å². The van der Waals surface area contributed by atoms with Gasteiger partial charge < -0.3 is 19.5 Å². The summed E-state index contributed by atoms with van der Waals surface area (Å²) in [4.78, 5) is 25.3. The molecule has 0 saturated heterocycles. The van der Waals surface area contributed by atoms with Crippen molar-refractivity contribution in [2.45, 2.75) is 26.9 Å². The summed E-state index contributed by atoms with van der Waals surface area (Å²) in [5.74, 6) is -0.184. The van der Waals surface area contributed by atoms with E-state index in [1.807, 2.05) is 19.9 Å². The van der Waals surface area contributed by atoms with Crippen molar-refractivity contribution in [3.8, 4) is 22.6 Å². The average Bonchev–Trinajstić information content (AvgIpc) is 3.22. The summed E-state index contributed by atoms with van der Waals surface area (Å²) in [5, 5.41) is 4.84. The van der Waals surface area contributed by atoms with Crippen LogP contribution in [0.4, 0.5) is 9.39 Å². The lowest BCUT2D eigenvalue weighted by Gasteiger charge is -2.13. The van der Waals surface area contributed by atoms with Crippen molar-refractivity contribution in [1.29, 1.82) is 0 Å². The van der Waals surface area contributed by atoms with Gasteiger partial charge in [0.2, 0.25) is 5.91 Å². The molecular weight excluding hydrogens is 457 g/mol. The molecule has 2 aromatic carbocycles. The van der Waals surface area contributed by atoms with E-state index in [4.69, 9.17) is 14.2 Å². The molecule has 0 aliphatic rings. The van der Waals surface area contributed by atoms with Crippen molar-refractivity contribution < 1.29 is 28.2 Å². The van der Waals surface area contributed by atoms with Crippen molar-refractivity contribution >= 4 is 34.3 Å². The van der Waals surface area contributed by atoms with Gasteiger partial charge in [-0.3, -0.25) is 4.79 Å². The van der Waals surface area contributed by atoms with Gasteiger partial charge in [0.25, 0.3) is 0 Å². The van der Waals surface area contributed by atoms with Crippen LogP contribution in [-0.4, -0.2) is 31.7 Å². The Morgan fingerprint density at radius 1 is 1.12 bits per heavy atom. The first kappa shape index (κ1) is 25.0. The molecule has 34 heavy (non-hydrogen) atoms. The molecule has 1 amide bonds. The van der Waals surface area contributed by atoms with Crippen LogP contribution in [0.1, 0.15) is 36.7 Å². The summed E-state index contributed by atoms with van der Waals surface area (Å²) in [6.07, 6.45) is 3.00. The van der Waals surface area contributed by atoms with E-state index in [2.05, 4.69) is 5.32 Å². The Labute approximate surface area is 202 Å². The second-order valence-corrected chi connectivity index (χ2v) is 8.36. The third kappa shape index (κ3) is 6.23. The zero-order valence-electron chi connectivity index (χ0n) is 19.4. The molecule has 0 radical (unpaired) electrons. The van der Waals surface area contributed by atoms with Gasteiger partial charge >= 0.3 is 5.97 Å². The minimum Gasteiger partial charge on any atom is -0.493 e. The standard InChI is InChI=1S/C26H26FNO5S/c1-5-32-26(30)24-20(18-8-10-19(27)11-9-18)15-34-25(24)28-23(29)13-7-17-6-12-21(33-16(2)3)22(14-17)31-4/h6-16H,5H2,1-4H3,(H,28,29). The highest BCUT2D eigenvalue weighted by atomic mass is 32.1. The zero-order valence-corrected chi connectivity index (χ0v) is 20.2. The molecule has 0 aliphatic carbocycles. The SMILES string of the molecule is CCOC(=O)c1c(-c2ccc(F)cc2)csc1NC(=O)C=Cc1ccc(OC(C)C)c(OC)c1. The molecule has 0 saturated carbocycles. The van der Waals surface area contributed by atoms with Crippen LogP contribution in [-0.2, 0) is 9.53 Å². The molecular formula is C26H26FNO5S. The Bertz CT molecular complexity index is 1180. The molecule has 0 fully saturated rings. The van der Waals surface area contributed by atoms with Crippen LogP contribution in [0.25, 0.3) is 17.2 Å². The monoisotopic (exact) mass is 483 g/mol. The lowest BCUT2D eigenvalue weighted by molar-refractivity contribution is -0.111. The van der Waals surface area contributed by atoms with Gasteiger partial charge in [0.05, 0.1) is 19.8 Å². The second-order valence-electron chi connectivity index (χ2n) is 7.48. The lowest BCUT2D eigenvalue weighted by Crippen LogP contribution is -2.12. The van der Waals surface area contributed by atoms with Gasteiger partial charge in [-0.2, -0.15) is 0 Å². The van der Waals surface area contributed by atoms with Crippen LogP contribution in [0.15, 0.2) is 53.9 Å². The molecule has 0 spiro atoms. The first-order chi connectivity index (χ1) is 16.3. The van der Waals surface area contributed by atoms with Gasteiger partial charge in [-0.25, -0.2) is 9.18 Å². The number of hydrogen-bond donors (Lipinski definition) is 1. The minimum absolute atomic E-state index is 0.000241. The molecule has 6 nitrogen and oxygen atoms in total. The molecule has 178 valence electrons. The summed E-state index contributed by atoms with van der Waals surface area (Å²) in [5.41, 5.74) is 2.18. The number of thiophene rings is 1. The number of ether oxygens (including phenoxy) is 3. The molecule has 0 atom stereocenters. The van der Waals surface area contributed by atoms with E-state index in [-0.39, 0.29) is 24.1 Å². The van der Waals surface area contributed by atoms with Crippen LogP contribution in [0.5, 0.6) is 11.5 Å². The lowest BCUT2D eigenvalue weighted by atomic mass is 10.0. The van der Waals surface area contributed by atoms with Gasteiger partial charge in [0.15, 0.2) is 11.5 Å². The van der Waals surface area contributed by atoms with Crippen LogP contribution >= 0.6 is 11.3 Å². The van der Waals surface area contributed by atoms with Crippen molar-refractivity contribution in [1.82, 2.24) is 0 Å². The Hall–Kier alpha value is -3.65. The predicted octanol–water partition coefficient (Wildman–Crippen LogP) is 6.18. The van der Waals surface area contributed by atoms with Crippen molar-refractivity contribution in [3.63, 3.8) is 0 Å². The Balaban J connectivity index is 1.82. The fraction of sp³-hybridized carbons (Fsp3) is 0.231. The number of amides is 1. The van der Waals surface area contributed by atoms with Crippen LogP contribution in [0.2, 0.25) is 0 Å². The largest absolute Gasteiger partial charge is 0.493 e. The molecule has 0 bridgehead atoms. The number of esters is 1. The maximum atomic E-state index is 13.3. The highest BCUT2D eigenvalue weighted by Crippen LogP contribution is 2.36. The number of nitrogens with one attached hydrogen (secondary N) is 1. The number of anilines is 1. The molecule has 0 unspecified atom stereocenters. The fourth-order valence-electron chi connectivity index (χ4n) is 3.16. The first-order valence-electron chi connectivity index (χ1n) is 10.7. The Morgan fingerprint density at radius 3 is 2.50 bits per heavy atom. The van der Waals surface area contributed by atoms with Crippen molar-refractivity contribution in [3.05, 3.63) is 70.9 Å². The third-order valence-electron chi connectivity index (χ3n) is 4.64. The third-order valence-corrected chi connectivity index (χ3v) is 5.54. The van der Waals surface area contributed by atoms with Gasteiger partial charge in [0, 0.05) is 17.0 Å². The van der Waals surface area contributed by atoms with E-state index < -0.39 is 11.9 Å². The number of carbonyl (C=O) groups is 2. The summed E-state index contributed by atoms with van der Waals surface area (Å²) < 4.78 is 29.6. The van der Waals surface area contributed by atoms with Gasteiger partial charge in [0.1, 0.15) is 16.4 Å². The predicted molar refractivity (Wildman–Crippen MR) is 132 cm³/mol. The van der Waals surface area contributed by atoms with E-state index in [1.165, 1.54) is 29.5 Å². The fourth-order valence-corrected chi connectivity index (χ4v) is 4.12. The van der Waals surface area contributed by atoms with E-state index >= 15 is 0 Å². The normalized spacial score (nSPS) is 11.0. The number of methoxy groups -OCH3 is 1. The van der Waals surface area contributed by atoms with Crippen LogP contribution in [0, 0.1) is 5.82 Å². The van der Waals surface area contributed by atoms with E-state index in [0.29, 0.717) is 27.6 Å². The first-order valence-corrected chi connectivity index (χ1v) is 11.6. The maximum Gasteiger partial charge on any atom is 0.341 e. The highest BCUT2D eigenvalue weighted by molar-refractivity contribution is 7.15. The summed E-state index contributed by atoms with van der Waals surface area (Å²) in [7, 11) is 1.55. The molecule has 3 aromatic rings. The molecule has 3 rings (SSSR count). The average molecular weight is 484 g/mol. The van der Waals surface area contributed by atoms with Gasteiger partial charge in [-0.05, 0) is 62.2 Å². The number of benzene rings is 2. The summed E-state index contributed by atoms with van der Waals surface area (Å²) in [6.45, 7) is 5.74. The van der Waals surface area contributed by atoms with Gasteiger partial charge in [-0.15, -0.1) is 11.3 Å². The van der Waals surface area contributed by atoms with E-state index in [9.17, 15) is 14.0 Å². The molecule has 1 N–H and O–H groups in total. The molecule has 1 aromatic heterocycles.